The topological polar surface area (TPSA) is 64.2 Å². The number of hydrogen-bond acceptors (Lipinski definition) is 3. The second kappa shape index (κ2) is 13.4. The molecule has 1 amide bonds. The standard InChI is InChI=1S/C24H30N4O.C2H6.CH4/c1-4-14-28(15-5-2)20-11-12-22-21(17-20)26-24(27(22)3)16-19-8-6-18(7-9-19)10-13-23(25)29;1-2;/h6-13,17H,4-5,14-16H2,1-3H3,(H2,25,29);1-2H3;1H4/b13-10+;;. The van der Waals surface area contributed by atoms with Crippen molar-refractivity contribution in [2.24, 2.45) is 12.8 Å². The zero-order valence-corrected chi connectivity index (χ0v) is 19.6. The molecule has 0 aliphatic rings. The molecule has 1 aromatic heterocycles. The van der Waals surface area contributed by atoms with Gasteiger partial charge in [0.15, 0.2) is 0 Å². The highest BCUT2D eigenvalue weighted by Crippen LogP contribution is 2.24. The Morgan fingerprint density at radius 1 is 1.06 bits per heavy atom. The van der Waals surface area contributed by atoms with E-state index in [-0.39, 0.29) is 7.43 Å². The molecule has 0 fully saturated rings. The summed E-state index contributed by atoms with van der Waals surface area (Å²) in [6.07, 6.45) is 6.12. The third-order valence-corrected chi connectivity index (χ3v) is 5.09. The first-order valence-corrected chi connectivity index (χ1v) is 11.3. The Labute approximate surface area is 194 Å². The van der Waals surface area contributed by atoms with Crippen molar-refractivity contribution in [1.29, 1.82) is 0 Å². The van der Waals surface area contributed by atoms with Crippen molar-refractivity contribution in [3.05, 3.63) is 65.5 Å². The van der Waals surface area contributed by atoms with Crippen LogP contribution in [0.4, 0.5) is 5.69 Å². The van der Waals surface area contributed by atoms with Crippen molar-refractivity contribution in [2.45, 2.75) is 54.4 Å². The van der Waals surface area contributed by atoms with Gasteiger partial charge in [-0.1, -0.05) is 59.4 Å². The van der Waals surface area contributed by atoms with Gasteiger partial charge in [0.1, 0.15) is 5.82 Å². The van der Waals surface area contributed by atoms with E-state index in [1.807, 2.05) is 26.0 Å². The number of carbonyl (C=O) groups is 1. The number of carbonyl (C=O) groups excluding carboxylic acids is 1. The van der Waals surface area contributed by atoms with E-state index in [0.29, 0.717) is 0 Å². The summed E-state index contributed by atoms with van der Waals surface area (Å²) in [6, 6.07) is 14.7. The van der Waals surface area contributed by atoms with Crippen LogP contribution in [0.5, 0.6) is 0 Å². The molecule has 0 radical (unpaired) electrons. The van der Waals surface area contributed by atoms with Crippen LogP contribution in [0.3, 0.4) is 0 Å². The lowest BCUT2D eigenvalue weighted by atomic mass is 10.1. The highest BCUT2D eigenvalue weighted by Gasteiger charge is 2.11. The Hall–Kier alpha value is -3.08. The first-order chi connectivity index (χ1) is 15.0. The predicted octanol–water partition coefficient (Wildman–Crippen LogP) is 5.95. The SMILES string of the molecule is C.CC.CCCN(CCC)c1ccc2c(c1)nc(Cc1ccc(/C=C/C(N)=O)cc1)n2C. The number of aryl methyl sites for hydroxylation is 1. The minimum Gasteiger partial charge on any atom is -0.371 e. The van der Waals surface area contributed by atoms with Gasteiger partial charge in [-0.2, -0.15) is 0 Å². The first-order valence-electron chi connectivity index (χ1n) is 11.3. The number of amides is 1. The number of aromatic nitrogens is 2. The molecule has 0 saturated carbocycles. The smallest absolute Gasteiger partial charge is 0.241 e. The van der Waals surface area contributed by atoms with Crippen LogP contribution in [-0.4, -0.2) is 28.5 Å². The minimum atomic E-state index is -0.440. The maximum absolute atomic E-state index is 10.9. The Balaban J connectivity index is 0.00000166. The zero-order chi connectivity index (χ0) is 22.8. The number of nitrogens with zero attached hydrogens (tertiary/aromatic N) is 3. The van der Waals surface area contributed by atoms with Gasteiger partial charge in [-0.05, 0) is 48.2 Å². The lowest BCUT2D eigenvalue weighted by Gasteiger charge is -2.23. The molecule has 1 heterocycles. The molecule has 174 valence electrons. The van der Waals surface area contributed by atoms with E-state index in [1.165, 1.54) is 17.3 Å². The highest BCUT2D eigenvalue weighted by atomic mass is 16.1. The summed E-state index contributed by atoms with van der Waals surface area (Å²) in [4.78, 5) is 18.2. The first kappa shape index (κ1) is 27.0. The quantitative estimate of drug-likeness (QED) is 0.421. The lowest BCUT2D eigenvalue weighted by molar-refractivity contribution is -0.113. The van der Waals surface area contributed by atoms with Gasteiger partial charge >= 0.3 is 0 Å². The Morgan fingerprint density at radius 3 is 2.25 bits per heavy atom. The molecule has 2 aromatic carbocycles. The van der Waals surface area contributed by atoms with Crippen molar-refractivity contribution >= 4 is 28.7 Å². The number of benzene rings is 2. The summed E-state index contributed by atoms with van der Waals surface area (Å²) < 4.78 is 2.17. The molecule has 0 spiro atoms. The number of nitrogens with two attached hydrogens (primary N) is 1. The van der Waals surface area contributed by atoms with Crippen LogP contribution in [0.15, 0.2) is 48.5 Å². The summed E-state index contributed by atoms with van der Waals surface area (Å²) in [6.45, 7) is 10.6. The van der Waals surface area contributed by atoms with Crippen molar-refractivity contribution in [3.8, 4) is 0 Å². The van der Waals surface area contributed by atoms with Gasteiger partial charge in [0, 0.05) is 38.3 Å². The molecule has 3 rings (SSSR count). The van der Waals surface area contributed by atoms with Crippen LogP contribution in [0, 0.1) is 0 Å². The van der Waals surface area contributed by atoms with Crippen LogP contribution < -0.4 is 10.6 Å². The van der Waals surface area contributed by atoms with Gasteiger partial charge in [0.05, 0.1) is 11.0 Å². The normalized spacial score (nSPS) is 10.5. The molecule has 2 N–H and O–H groups in total. The molecule has 0 aliphatic heterocycles. The van der Waals surface area contributed by atoms with E-state index in [4.69, 9.17) is 10.7 Å². The van der Waals surface area contributed by atoms with Gasteiger partial charge in [-0.3, -0.25) is 4.79 Å². The van der Waals surface area contributed by atoms with Crippen LogP contribution in [0.2, 0.25) is 0 Å². The van der Waals surface area contributed by atoms with Gasteiger partial charge in [-0.25, -0.2) is 4.98 Å². The van der Waals surface area contributed by atoms with Crippen molar-refractivity contribution < 1.29 is 4.79 Å². The summed E-state index contributed by atoms with van der Waals surface area (Å²) >= 11 is 0. The van der Waals surface area contributed by atoms with E-state index in [1.54, 1.807) is 6.08 Å². The highest BCUT2D eigenvalue weighted by molar-refractivity contribution is 5.90. The third-order valence-electron chi connectivity index (χ3n) is 5.09. The average molecular weight is 437 g/mol. The fraction of sp³-hybridized carbons (Fsp3) is 0.407. The Kier molecular flexibility index (Phi) is 11.3. The van der Waals surface area contributed by atoms with E-state index in [0.717, 1.165) is 54.8 Å². The third kappa shape index (κ3) is 6.98. The molecular formula is C27H40N4O. The van der Waals surface area contributed by atoms with Crippen molar-refractivity contribution in [2.75, 3.05) is 18.0 Å². The molecule has 32 heavy (non-hydrogen) atoms. The molecule has 5 heteroatoms. The van der Waals surface area contributed by atoms with Crippen molar-refractivity contribution in [1.82, 2.24) is 9.55 Å². The summed E-state index contributed by atoms with van der Waals surface area (Å²) in [5, 5.41) is 0. The molecule has 0 saturated heterocycles. The molecular weight excluding hydrogens is 396 g/mol. The summed E-state index contributed by atoms with van der Waals surface area (Å²) in [5.41, 5.74) is 10.7. The lowest BCUT2D eigenvalue weighted by Crippen LogP contribution is -2.24. The van der Waals surface area contributed by atoms with Crippen LogP contribution in [0.1, 0.15) is 64.9 Å². The summed E-state index contributed by atoms with van der Waals surface area (Å²) in [7, 11) is 2.07. The number of rotatable bonds is 9. The molecule has 0 aliphatic carbocycles. The molecule has 3 aromatic rings. The van der Waals surface area contributed by atoms with Gasteiger partial charge in [0.25, 0.3) is 0 Å². The average Bonchev–Trinajstić information content (AvgIpc) is 3.09. The van der Waals surface area contributed by atoms with Crippen molar-refractivity contribution in [3.63, 3.8) is 0 Å². The van der Waals surface area contributed by atoms with E-state index in [2.05, 4.69) is 60.7 Å². The number of imidazole rings is 1. The van der Waals surface area contributed by atoms with Crippen LogP contribution >= 0.6 is 0 Å². The fourth-order valence-electron chi connectivity index (χ4n) is 3.61. The number of anilines is 1. The maximum atomic E-state index is 10.9. The van der Waals surface area contributed by atoms with Crippen LogP contribution in [0.25, 0.3) is 17.1 Å². The molecule has 0 atom stereocenters. The van der Waals surface area contributed by atoms with E-state index >= 15 is 0 Å². The van der Waals surface area contributed by atoms with Gasteiger partial charge in [-0.15, -0.1) is 0 Å². The van der Waals surface area contributed by atoms with E-state index < -0.39 is 5.91 Å². The second-order valence-electron chi connectivity index (χ2n) is 7.40. The number of fused-ring (bicyclic) bond motifs is 1. The minimum absolute atomic E-state index is 0. The fourth-order valence-corrected chi connectivity index (χ4v) is 3.61. The molecule has 5 nitrogen and oxygen atoms in total. The maximum Gasteiger partial charge on any atom is 0.241 e. The number of primary amides is 1. The molecule has 0 unspecified atom stereocenters. The largest absolute Gasteiger partial charge is 0.371 e. The van der Waals surface area contributed by atoms with Crippen LogP contribution in [-0.2, 0) is 18.3 Å². The van der Waals surface area contributed by atoms with Gasteiger partial charge < -0.3 is 15.2 Å². The molecule has 0 bridgehead atoms. The Morgan fingerprint density at radius 2 is 1.69 bits per heavy atom. The van der Waals surface area contributed by atoms with Gasteiger partial charge in [0.2, 0.25) is 5.91 Å². The monoisotopic (exact) mass is 436 g/mol. The Bertz CT molecular complexity index is 996. The predicted molar refractivity (Wildman–Crippen MR) is 139 cm³/mol. The summed E-state index contributed by atoms with van der Waals surface area (Å²) in [5.74, 6) is 0.597. The van der Waals surface area contributed by atoms with E-state index in [9.17, 15) is 4.79 Å². The number of hydrogen-bond donors (Lipinski definition) is 1. The second-order valence-corrected chi connectivity index (χ2v) is 7.40. The zero-order valence-electron chi connectivity index (χ0n) is 19.6.